The van der Waals surface area contributed by atoms with Crippen LogP contribution in [0.3, 0.4) is 0 Å². The van der Waals surface area contributed by atoms with Crippen molar-refractivity contribution in [3.8, 4) is 5.75 Å². The van der Waals surface area contributed by atoms with E-state index in [1.54, 1.807) is 55.6 Å². The number of hydrogen-bond donors (Lipinski definition) is 1. The van der Waals surface area contributed by atoms with Crippen molar-refractivity contribution in [2.45, 2.75) is 17.7 Å². The van der Waals surface area contributed by atoms with Gasteiger partial charge in [0.1, 0.15) is 5.75 Å². The number of halogens is 1. The Morgan fingerprint density at radius 3 is 1.98 bits per heavy atom. The lowest BCUT2D eigenvalue weighted by molar-refractivity contribution is -0.148. The molecule has 0 bridgehead atoms. The molecular formula is C34H39ClN4O6. The fourth-order valence-corrected chi connectivity index (χ4v) is 6.25. The lowest BCUT2D eigenvalue weighted by Crippen LogP contribution is -2.53. The molecule has 3 amide bonds. The third kappa shape index (κ3) is 6.26. The average Bonchev–Trinajstić information content (AvgIpc) is 3.28. The van der Waals surface area contributed by atoms with Crippen molar-refractivity contribution >= 4 is 36.0 Å². The zero-order chi connectivity index (χ0) is 31.3. The standard InChI is InChI=1S/C34H38N4O6.ClH/c1-4-28(31(40)44-3)38-32(41)34(25-13-7-5-8-14-25,26-15-9-6-10-16-26)37(33(38)42)24-27(39)23-35-19-21-36(22-20-35)29-17-11-12-18-30(29)43-2;/h4-18,27-28,39H,1,19-24H2,2-3H3;1H. The van der Waals surface area contributed by atoms with Gasteiger partial charge in [0.2, 0.25) is 0 Å². The number of esters is 1. The number of carbonyl (C=O) groups excluding carboxylic acids is 3. The minimum absolute atomic E-state index is 0. The summed E-state index contributed by atoms with van der Waals surface area (Å²) in [6.07, 6.45) is 0.236. The molecule has 2 heterocycles. The lowest BCUT2D eigenvalue weighted by Gasteiger charge is -2.39. The summed E-state index contributed by atoms with van der Waals surface area (Å²) in [5, 5.41) is 11.5. The molecule has 0 saturated carbocycles. The van der Waals surface area contributed by atoms with E-state index in [0.29, 0.717) is 30.8 Å². The monoisotopic (exact) mass is 634 g/mol. The Bertz CT molecular complexity index is 1440. The van der Waals surface area contributed by atoms with Gasteiger partial charge in [0.15, 0.2) is 11.6 Å². The van der Waals surface area contributed by atoms with Gasteiger partial charge in [-0.05, 0) is 23.3 Å². The van der Waals surface area contributed by atoms with E-state index in [9.17, 15) is 19.5 Å². The molecule has 2 aliphatic heterocycles. The number of aliphatic hydroxyl groups excluding tert-OH is 1. The third-order valence-electron chi connectivity index (χ3n) is 8.36. The number of rotatable bonds is 11. The Balaban J connectivity index is 0.00000461. The number of aliphatic hydroxyl groups is 1. The van der Waals surface area contributed by atoms with Gasteiger partial charge in [-0.2, -0.15) is 0 Å². The van der Waals surface area contributed by atoms with Crippen LogP contribution in [0, 0.1) is 0 Å². The number of carbonyl (C=O) groups is 3. The number of nitrogens with zero attached hydrogens (tertiary/aromatic N) is 4. The van der Waals surface area contributed by atoms with E-state index < -0.39 is 35.6 Å². The normalized spacial score (nSPS) is 17.8. The summed E-state index contributed by atoms with van der Waals surface area (Å²) in [6.45, 7) is 6.70. The van der Waals surface area contributed by atoms with Gasteiger partial charge in [0, 0.05) is 32.7 Å². The molecule has 2 aliphatic rings. The number of ether oxygens (including phenoxy) is 2. The van der Waals surface area contributed by atoms with Crippen molar-refractivity contribution in [2.75, 3.05) is 58.4 Å². The molecule has 0 aliphatic carbocycles. The smallest absolute Gasteiger partial charge is 0.333 e. The zero-order valence-corrected chi connectivity index (χ0v) is 26.3. The molecule has 10 nitrogen and oxygen atoms in total. The van der Waals surface area contributed by atoms with E-state index in [-0.39, 0.29) is 19.0 Å². The Hall–Kier alpha value is -4.38. The summed E-state index contributed by atoms with van der Waals surface area (Å²) in [6, 6.07) is 23.8. The number of methoxy groups -OCH3 is 2. The molecule has 2 atom stereocenters. The van der Waals surface area contributed by atoms with Crippen LogP contribution < -0.4 is 9.64 Å². The fraction of sp³-hybridized carbons (Fsp3) is 0.324. The number of para-hydroxylation sites is 2. The van der Waals surface area contributed by atoms with Gasteiger partial charge in [0.05, 0.1) is 32.6 Å². The number of benzene rings is 3. The minimum Gasteiger partial charge on any atom is -0.495 e. The van der Waals surface area contributed by atoms with Crippen LogP contribution in [-0.4, -0.2) is 103 Å². The molecule has 2 saturated heterocycles. The Morgan fingerprint density at radius 1 is 0.889 bits per heavy atom. The number of piperazine rings is 1. The van der Waals surface area contributed by atoms with Gasteiger partial charge in [0.25, 0.3) is 5.91 Å². The molecule has 0 radical (unpaired) electrons. The van der Waals surface area contributed by atoms with Crippen LogP contribution in [0.4, 0.5) is 10.5 Å². The molecule has 0 aromatic heterocycles. The lowest BCUT2D eigenvalue weighted by atomic mass is 9.81. The molecule has 0 spiro atoms. The summed E-state index contributed by atoms with van der Waals surface area (Å²) >= 11 is 0. The van der Waals surface area contributed by atoms with Gasteiger partial charge in [-0.25, -0.2) is 14.5 Å². The van der Waals surface area contributed by atoms with Crippen LogP contribution in [-0.2, 0) is 19.9 Å². The fourth-order valence-electron chi connectivity index (χ4n) is 6.25. The summed E-state index contributed by atoms with van der Waals surface area (Å²) in [5.41, 5.74) is 0.474. The van der Waals surface area contributed by atoms with Crippen LogP contribution >= 0.6 is 12.4 Å². The summed E-state index contributed by atoms with van der Waals surface area (Å²) in [7, 11) is 2.85. The Morgan fingerprint density at radius 2 is 1.44 bits per heavy atom. The van der Waals surface area contributed by atoms with Crippen molar-refractivity contribution in [3.63, 3.8) is 0 Å². The van der Waals surface area contributed by atoms with Crippen molar-refractivity contribution in [1.29, 1.82) is 0 Å². The maximum absolute atomic E-state index is 14.6. The first kappa shape index (κ1) is 33.5. The van der Waals surface area contributed by atoms with Crippen molar-refractivity contribution < 1.29 is 29.0 Å². The summed E-state index contributed by atoms with van der Waals surface area (Å²) in [5.74, 6) is -0.592. The number of anilines is 1. The van der Waals surface area contributed by atoms with Crippen molar-refractivity contribution in [1.82, 2.24) is 14.7 Å². The van der Waals surface area contributed by atoms with Crippen LogP contribution in [0.25, 0.3) is 0 Å². The van der Waals surface area contributed by atoms with E-state index in [1.165, 1.54) is 18.1 Å². The van der Waals surface area contributed by atoms with Gasteiger partial charge >= 0.3 is 12.0 Å². The molecular weight excluding hydrogens is 596 g/mol. The first-order valence-electron chi connectivity index (χ1n) is 14.6. The molecule has 238 valence electrons. The predicted molar refractivity (Wildman–Crippen MR) is 174 cm³/mol. The molecule has 5 rings (SSSR count). The van der Waals surface area contributed by atoms with E-state index in [4.69, 9.17) is 9.47 Å². The summed E-state index contributed by atoms with van der Waals surface area (Å²) in [4.78, 5) is 48.2. The number of urea groups is 1. The van der Waals surface area contributed by atoms with Gasteiger partial charge in [-0.15, -0.1) is 19.0 Å². The molecule has 3 aromatic rings. The average molecular weight is 635 g/mol. The molecule has 45 heavy (non-hydrogen) atoms. The second kappa shape index (κ2) is 14.6. The highest BCUT2D eigenvalue weighted by Crippen LogP contribution is 2.44. The first-order chi connectivity index (χ1) is 21.4. The largest absolute Gasteiger partial charge is 0.495 e. The second-order valence-corrected chi connectivity index (χ2v) is 10.8. The highest BCUT2D eigenvalue weighted by atomic mass is 35.5. The maximum atomic E-state index is 14.6. The van der Waals surface area contributed by atoms with Crippen LogP contribution in [0.5, 0.6) is 5.75 Å². The van der Waals surface area contributed by atoms with E-state index in [2.05, 4.69) is 16.4 Å². The van der Waals surface area contributed by atoms with E-state index >= 15 is 0 Å². The van der Waals surface area contributed by atoms with Crippen LogP contribution in [0.2, 0.25) is 0 Å². The number of β-amino-alcohol motifs (C(OH)–C–C–N with tert-alkyl or cyclic N) is 1. The van der Waals surface area contributed by atoms with Crippen LogP contribution in [0.15, 0.2) is 97.6 Å². The van der Waals surface area contributed by atoms with Crippen molar-refractivity contribution in [2.24, 2.45) is 0 Å². The topological polar surface area (TPSA) is 103 Å². The van der Waals surface area contributed by atoms with E-state index in [1.807, 2.05) is 36.4 Å². The number of imide groups is 1. The highest BCUT2D eigenvalue weighted by Gasteiger charge is 2.61. The molecule has 1 N–H and O–H groups in total. The Labute approximate surface area is 269 Å². The molecule has 3 aromatic carbocycles. The first-order valence-corrected chi connectivity index (χ1v) is 14.6. The molecule has 2 fully saturated rings. The van der Waals surface area contributed by atoms with Gasteiger partial charge in [-0.3, -0.25) is 14.6 Å². The van der Waals surface area contributed by atoms with Gasteiger partial charge in [-0.1, -0.05) is 78.9 Å². The predicted octanol–water partition coefficient (Wildman–Crippen LogP) is 3.54. The SMILES string of the molecule is C=CC(C(=O)OC)N1C(=O)N(CC(O)CN2CCN(c3ccccc3OC)CC2)C(c2ccccc2)(c2ccccc2)C1=O.Cl. The van der Waals surface area contributed by atoms with Gasteiger partial charge < -0.3 is 19.5 Å². The maximum Gasteiger partial charge on any atom is 0.333 e. The number of amides is 3. The quantitative estimate of drug-likeness (QED) is 0.194. The van der Waals surface area contributed by atoms with Crippen LogP contribution in [0.1, 0.15) is 11.1 Å². The van der Waals surface area contributed by atoms with E-state index in [0.717, 1.165) is 29.4 Å². The third-order valence-corrected chi connectivity index (χ3v) is 8.36. The van der Waals surface area contributed by atoms with Crippen molar-refractivity contribution in [3.05, 3.63) is 109 Å². The molecule has 2 unspecified atom stereocenters. The Kier molecular flexibility index (Phi) is 10.9. The highest BCUT2D eigenvalue weighted by molar-refractivity contribution is 6.12. The zero-order valence-electron chi connectivity index (χ0n) is 25.5. The second-order valence-electron chi connectivity index (χ2n) is 10.8. The minimum atomic E-state index is -1.63. The number of hydrogen-bond acceptors (Lipinski definition) is 8. The summed E-state index contributed by atoms with van der Waals surface area (Å²) < 4.78 is 10.5. The molecule has 11 heteroatoms.